The fraction of sp³-hybridized carbons (Fsp3) is 0.643. The van der Waals surface area contributed by atoms with Crippen LogP contribution in [0, 0.1) is 5.92 Å². The van der Waals surface area contributed by atoms with Gasteiger partial charge in [0, 0.05) is 37.9 Å². The number of aromatic nitrogens is 2. The van der Waals surface area contributed by atoms with Crippen LogP contribution >= 0.6 is 0 Å². The summed E-state index contributed by atoms with van der Waals surface area (Å²) in [7, 11) is 0. The van der Waals surface area contributed by atoms with Crippen LogP contribution in [-0.4, -0.2) is 38.9 Å². The molecule has 0 unspecified atom stereocenters. The van der Waals surface area contributed by atoms with Gasteiger partial charge in [0.15, 0.2) is 0 Å². The van der Waals surface area contributed by atoms with E-state index in [1.54, 1.807) is 6.20 Å². The Morgan fingerprint density at radius 1 is 1.50 bits per heavy atom. The number of nitrogens with one attached hydrogen (secondary N) is 1. The third-order valence-electron chi connectivity index (χ3n) is 4.08. The highest BCUT2D eigenvalue weighted by molar-refractivity contribution is 5.89. The van der Waals surface area contributed by atoms with Crippen LogP contribution in [0.15, 0.2) is 12.4 Å². The van der Waals surface area contributed by atoms with E-state index in [-0.39, 0.29) is 17.7 Å². The molecule has 1 saturated carbocycles. The van der Waals surface area contributed by atoms with E-state index >= 15 is 0 Å². The van der Waals surface area contributed by atoms with Crippen molar-refractivity contribution >= 4 is 11.8 Å². The lowest BCUT2D eigenvalue weighted by Crippen LogP contribution is -2.33. The molecule has 0 aromatic carbocycles. The number of rotatable bonds is 5. The van der Waals surface area contributed by atoms with Gasteiger partial charge in [-0.05, 0) is 19.8 Å². The van der Waals surface area contributed by atoms with E-state index in [1.807, 2.05) is 22.6 Å². The lowest BCUT2D eigenvalue weighted by Gasteiger charge is -2.15. The third-order valence-corrected chi connectivity index (χ3v) is 4.08. The molecule has 6 heteroatoms. The van der Waals surface area contributed by atoms with Crippen LogP contribution in [0.4, 0.5) is 0 Å². The molecule has 2 amide bonds. The molecular weight excluding hydrogens is 256 g/mol. The summed E-state index contributed by atoms with van der Waals surface area (Å²) in [4.78, 5) is 30.1. The van der Waals surface area contributed by atoms with Crippen LogP contribution in [0.25, 0.3) is 0 Å². The standard InChI is InChI=1S/C14H20N4O2/c1-2-17-6-5-15-12(17)8-16-14(20)10-7-13(19)18(9-10)11-3-4-11/h5-6,10-11H,2-4,7-9H2,1H3,(H,16,20)/t10-/m0/s1. The van der Waals surface area contributed by atoms with Crippen molar-refractivity contribution in [2.45, 2.75) is 45.3 Å². The maximum atomic E-state index is 12.1. The van der Waals surface area contributed by atoms with Crippen molar-refractivity contribution in [1.82, 2.24) is 19.8 Å². The Morgan fingerprint density at radius 2 is 2.30 bits per heavy atom. The summed E-state index contributed by atoms with van der Waals surface area (Å²) in [5.41, 5.74) is 0. The molecule has 6 nitrogen and oxygen atoms in total. The van der Waals surface area contributed by atoms with E-state index in [9.17, 15) is 9.59 Å². The van der Waals surface area contributed by atoms with Crippen LogP contribution in [0.1, 0.15) is 32.0 Å². The molecule has 2 fully saturated rings. The molecule has 3 rings (SSSR count). The second-order valence-corrected chi connectivity index (χ2v) is 5.53. The van der Waals surface area contributed by atoms with Gasteiger partial charge in [0.05, 0.1) is 12.5 Å². The molecule has 0 bridgehead atoms. The third kappa shape index (κ3) is 2.55. The Bertz CT molecular complexity index is 521. The fourth-order valence-corrected chi connectivity index (χ4v) is 2.75. The first-order valence-electron chi connectivity index (χ1n) is 7.26. The quantitative estimate of drug-likeness (QED) is 0.853. The molecule has 108 valence electrons. The molecule has 1 N–H and O–H groups in total. The van der Waals surface area contributed by atoms with Crippen molar-refractivity contribution in [3.05, 3.63) is 18.2 Å². The van der Waals surface area contributed by atoms with Crippen molar-refractivity contribution in [2.24, 2.45) is 5.92 Å². The number of carbonyl (C=O) groups is 2. The fourth-order valence-electron chi connectivity index (χ4n) is 2.75. The Balaban J connectivity index is 1.53. The Hall–Kier alpha value is -1.85. The summed E-state index contributed by atoms with van der Waals surface area (Å²) < 4.78 is 2.00. The smallest absolute Gasteiger partial charge is 0.225 e. The summed E-state index contributed by atoms with van der Waals surface area (Å²) in [6, 6.07) is 0.402. The minimum Gasteiger partial charge on any atom is -0.349 e. The molecule has 1 aliphatic carbocycles. The Kier molecular flexibility index (Phi) is 3.46. The second-order valence-electron chi connectivity index (χ2n) is 5.53. The van der Waals surface area contributed by atoms with Crippen LogP contribution in [0.3, 0.4) is 0 Å². The second kappa shape index (κ2) is 5.26. The molecule has 1 atom stereocenters. The zero-order valence-electron chi connectivity index (χ0n) is 11.7. The topological polar surface area (TPSA) is 67.2 Å². The van der Waals surface area contributed by atoms with Crippen LogP contribution < -0.4 is 5.32 Å². The highest BCUT2D eigenvalue weighted by atomic mass is 16.2. The SMILES string of the molecule is CCn1ccnc1CNC(=O)[C@H]1CC(=O)N(C2CC2)C1. The number of carbonyl (C=O) groups excluding carboxylic acids is 2. The van der Waals surface area contributed by atoms with Gasteiger partial charge in [-0.3, -0.25) is 9.59 Å². The number of amides is 2. The summed E-state index contributed by atoms with van der Waals surface area (Å²) in [5.74, 6) is 0.743. The lowest BCUT2D eigenvalue weighted by atomic mass is 10.1. The summed E-state index contributed by atoms with van der Waals surface area (Å²) >= 11 is 0. The predicted octanol–water partition coefficient (Wildman–Crippen LogP) is 0.530. The minimum absolute atomic E-state index is 0.0350. The largest absolute Gasteiger partial charge is 0.349 e. The van der Waals surface area contributed by atoms with E-state index in [2.05, 4.69) is 10.3 Å². The molecule has 1 aromatic rings. The zero-order chi connectivity index (χ0) is 14.1. The van der Waals surface area contributed by atoms with Crippen molar-refractivity contribution in [2.75, 3.05) is 6.54 Å². The molecular formula is C14H20N4O2. The van der Waals surface area contributed by atoms with Gasteiger partial charge >= 0.3 is 0 Å². The van der Waals surface area contributed by atoms with E-state index < -0.39 is 0 Å². The number of hydrogen-bond acceptors (Lipinski definition) is 3. The number of imidazole rings is 1. The summed E-state index contributed by atoms with van der Waals surface area (Å²) in [5, 5.41) is 2.90. The highest BCUT2D eigenvalue weighted by Crippen LogP contribution is 2.32. The van der Waals surface area contributed by atoms with Gasteiger partial charge in [0.1, 0.15) is 5.82 Å². The number of likely N-dealkylation sites (tertiary alicyclic amines) is 1. The predicted molar refractivity (Wildman–Crippen MR) is 72.6 cm³/mol. The maximum Gasteiger partial charge on any atom is 0.225 e. The van der Waals surface area contributed by atoms with Crippen molar-refractivity contribution in [3.8, 4) is 0 Å². The number of nitrogens with zero attached hydrogens (tertiary/aromatic N) is 3. The molecule has 1 aliphatic heterocycles. The lowest BCUT2D eigenvalue weighted by molar-refractivity contribution is -0.129. The van der Waals surface area contributed by atoms with Crippen LogP contribution in [-0.2, 0) is 22.7 Å². The average molecular weight is 276 g/mol. The minimum atomic E-state index is -0.201. The van der Waals surface area contributed by atoms with Gasteiger partial charge in [-0.25, -0.2) is 4.98 Å². The van der Waals surface area contributed by atoms with E-state index in [1.165, 1.54) is 0 Å². The molecule has 1 saturated heterocycles. The molecule has 0 radical (unpaired) electrons. The van der Waals surface area contributed by atoms with Gasteiger partial charge in [-0.15, -0.1) is 0 Å². The number of hydrogen-bond donors (Lipinski definition) is 1. The van der Waals surface area contributed by atoms with Crippen LogP contribution in [0.2, 0.25) is 0 Å². The van der Waals surface area contributed by atoms with Gasteiger partial charge in [0.2, 0.25) is 11.8 Å². The summed E-state index contributed by atoms with van der Waals surface area (Å²) in [6.07, 6.45) is 6.17. The maximum absolute atomic E-state index is 12.1. The van der Waals surface area contributed by atoms with Crippen molar-refractivity contribution < 1.29 is 9.59 Å². The number of aryl methyl sites for hydroxylation is 1. The zero-order valence-corrected chi connectivity index (χ0v) is 11.7. The first kappa shape index (κ1) is 13.1. The van der Waals surface area contributed by atoms with E-state index in [0.29, 0.717) is 25.6 Å². The van der Waals surface area contributed by atoms with Gasteiger partial charge in [-0.2, -0.15) is 0 Å². The molecule has 2 heterocycles. The Labute approximate surface area is 118 Å². The summed E-state index contributed by atoms with van der Waals surface area (Å²) in [6.45, 7) is 3.88. The van der Waals surface area contributed by atoms with Gasteiger partial charge in [-0.1, -0.05) is 0 Å². The highest BCUT2D eigenvalue weighted by Gasteiger charge is 2.41. The van der Waals surface area contributed by atoms with Crippen molar-refractivity contribution in [1.29, 1.82) is 0 Å². The van der Waals surface area contributed by atoms with Crippen molar-refractivity contribution in [3.63, 3.8) is 0 Å². The monoisotopic (exact) mass is 276 g/mol. The van der Waals surface area contributed by atoms with E-state index in [0.717, 1.165) is 25.2 Å². The molecule has 20 heavy (non-hydrogen) atoms. The molecule has 0 spiro atoms. The molecule has 2 aliphatic rings. The normalized spacial score (nSPS) is 22.4. The van der Waals surface area contributed by atoms with Gasteiger partial charge in [0.25, 0.3) is 0 Å². The van der Waals surface area contributed by atoms with E-state index in [4.69, 9.17) is 0 Å². The van der Waals surface area contributed by atoms with Gasteiger partial charge < -0.3 is 14.8 Å². The van der Waals surface area contributed by atoms with Crippen LogP contribution in [0.5, 0.6) is 0 Å². The average Bonchev–Trinajstić information content (AvgIpc) is 3.05. The Morgan fingerprint density at radius 3 is 3.00 bits per heavy atom. The molecule has 1 aromatic heterocycles. The first-order chi connectivity index (χ1) is 9.69. The first-order valence-corrected chi connectivity index (χ1v) is 7.26.